The molecule has 1 aliphatic carbocycles. The number of amides is 1. The van der Waals surface area contributed by atoms with Crippen molar-refractivity contribution in [3.05, 3.63) is 21.4 Å². The molecule has 0 atom stereocenters. The van der Waals surface area contributed by atoms with Gasteiger partial charge in [0.25, 0.3) is 5.91 Å². The zero-order chi connectivity index (χ0) is 12.5. The van der Waals surface area contributed by atoms with E-state index in [9.17, 15) is 4.79 Å². The van der Waals surface area contributed by atoms with E-state index in [1.807, 2.05) is 19.2 Å². The van der Waals surface area contributed by atoms with Crippen LogP contribution in [0.5, 0.6) is 0 Å². The minimum Gasteiger partial charge on any atom is -0.350 e. The summed E-state index contributed by atoms with van der Waals surface area (Å²) >= 11 is 1.72. The molecule has 3 N–H and O–H groups in total. The molecule has 0 saturated heterocycles. The van der Waals surface area contributed by atoms with E-state index < -0.39 is 0 Å². The van der Waals surface area contributed by atoms with Crippen molar-refractivity contribution in [3.8, 4) is 0 Å². The fourth-order valence-electron chi connectivity index (χ4n) is 2.09. The van der Waals surface area contributed by atoms with E-state index >= 15 is 0 Å². The SMILES string of the molecule is CC(C)(N)CNC(=O)c1csc2c1CCCC2.Cl. The third kappa shape index (κ3) is 3.70. The summed E-state index contributed by atoms with van der Waals surface area (Å²) in [6.45, 7) is 4.34. The number of thiophene rings is 1. The van der Waals surface area contributed by atoms with Crippen LogP contribution in [-0.4, -0.2) is 18.0 Å². The zero-order valence-corrected chi connectivity index (χ0v) is 12.5. The number of rotatable bonds is 3. The van der Waals surface area contributed by atoms with Gasteiger partial charge in [-0.05, 0) is 45.1 Å². The van der Waals surface area contributed by atoms with Crippen molar-refractivity contribution in [3.63, 3.8) is 0 Å². The summed E-state index contributed by atoms with van der Waals surface area (Å²) < 4.78 is 0. The molecule has 1 aromatic rings. The highest BCUT2D eigenvalue weighted by Gasteiger charge is 2.21. The molecule has 0 aromatic carbocycles. The quantitative estimate of drug-likeness (QED) is 0.898. The van der Waals surface area contributed by atoms with Gasteiger partial charge >= 0.3 is 0 Å². The molecule has 5 heteroatoms. The molecule has 102 valence electrons. The van der Waals surface area contributed by atoms with E-state index in [-0.39, 0.29) is 23.9 Å². The fraction of sp³-hybridized carbons (Fsp3) is 0.615. The van der Waals surface area contributed by atoms with E-state index in [4.69, 9.17) is 5.73 Å². The van der Waals surface area contributed by atoms with Crippen molar-refractivity contribution in [2.24, 2.45) is 5.73 Å². The van der Waals surface area contributed by atoms with Crippen LogP contribution in [0.3, 0.4) is 0 Å². The number of aryl methyl sites for hydroxylation is 1. The number of nitrogens with one attached hydrogen (secondary N) is 1. The Morgan fingerprint density at radius 3 is 2.78 bits per heavy atom. The number of fused-ring (bicyclic) bond motifs is 1. The van der Waals surface area contributed by atoms with E-state index in [1.165, 1.54) is 23.3 Å². The van der Waals surface area contributed by atoms with Gasteiger partial charge in [0.2, 0.25) is 0 Å². The molecule has 0 unspecified atom stereocenters. The highest BCUT2D eigenvalue weighted by molar-refractivity contribution is 7.10. The molecule has 0 radical (unpaired) electrons. The first-order valence-corrected chi connectivity index (χ1v) is 7.02. The number of nitrogens with two attached hydrogens (primary N) is 1. The second kappa shape index (κ2) is 6.04. The van der Waals surface area contributed by atoms with Crippen molar-refractivity contribution in [1.29, 1.82) is 0 Å². The van der Waals surface area contributed by atoms with Gasteiger partial charge in [0, 0.05) is 22.3 Å². The Morgan fingerprint density at radius 1 is 1.44 bits per heavy atom. The summed E-state index contributed by atoms with van der Waals surface area (Å²) in [6, 6.07) is 0. The molecular weight excluding hydrogens is 268 g/mol. The summed E-state index contributed by atoms with van der Waals surface area (Å²) in [5.74, 6) is 0.0305. The third-order valence-corrected chi connectivity index (χ3v) is 4.10. The lowest BCUT2D eigenvalue weighted by Crippen LogP contribution is -2.45. The Balaban J connectivity index is 0.00000162. The molecule has 1 heterocycles. The molecule has 0 spiro atoms. The van der Waals surface area contributed by atoms with Gasteiger partial charge in [-0.2, -0.15) is 0 Å². The van der Waals surface area contributed by atoms with Crippen LogP contribution in [-0.2, 0) is 12.8 Å². The summed E-state index contributed by atoms with van der Waals surface area (Å²) in [5.41, 5.74) is 7.65. The zero-order valence-electron chi connectivity index (χ0n) is 10.9. The predicted octanol–water partition coefficient (Wildman–Crippen LogP) is 2.52. The van der Waals surface area contributed by atoms with Crippen LogP contribution in [0.2, 0.25) is 0 Å². The molecule has 3 nitrogen and oxygen atoms in total. The predicted molar refractivity (Wildman–Crippen MR) is 78.8 cm³/mol. The van der Waals surface area contributed by atoms with Crippen molar-refractivity contribution in [1.82, 2.24) is 5.32 Å². The Bertz CT molecular complexity index is 423. The molecule has 1 amide bonds. The summed E-state index contributed by atoms with van der Waals surface area (Å²) in [4.78, 5) is 13.5. The average Bonchev–Trinajstić information content (AvgIpc) is 2.68. The smallest absolute Gasteiger partial charge is 0.252 e. The van der Waals surface area contributed by atoms with Crippen LogP contribution in [0.25, 0.3) is 0 Å². The summed E-state index contributed by atoms with van der Waals surface area (Å²) in [5, 5.41) is 4.91. The Labute approximate surface area is 119 Å². The summed E-state index contributed by atoms with van der Waals surface area (Å²) in [6.07, 6.45) is 4.64. The standard InChI is InChI=1S/C13H20N2OS.ClH/c1-13(2,14)8-15-12(16)10-7-17-11-6-4-3-5-9(10)11;/h7H,3-6,8,14H2,1-2H3,(H,15,16);1H. The van der Waals surface area contributed by atoms with E-state index in [0.29, 0.717) is 6.54 Å². The van der Waals surface area contributed by atoms with E-state index in [2.05, 4.69) is 5.32 Å². The largest absolute Gasteiger partial charge is 0.350 e. The van der Waals surface area contributed by atoms with Crippen LogP contribution < -0.4 is 11.1 Å². The molecule has 0 fully saturated rings. The van der Waals surface area contributed by atoms with Gasteiger partial charge in [-0.3, -0.25) is 4.79 Å². The molecular formula is C13H21ClN2OS. The van der Waals surface area contributed by atoms with E-state index in [0.717, 1.165) is 18.4 Å². The number of carbonyl (C=O) groups excluding carboxylic acids is 1. The Kier molecular flexibility index (Phi) is 5.20. The number of carbonyl (C=O) groups is 1. The van der Waals surface area contributed by atoms with Crippen LogP contribution in [0.15, 0.2) is 5.38 Å². The average molecular weight is 289 g/mol. The first kappa shape index (κ1) is 15.5. The van der Waals surface area contributed by atoms with Gasteiger partial charge < -0.3 is 11.1 Å². The Morgan fingerprint density at radius 2 is 2.11 bits per heavy atom. The van der Waals surface area contributed by atoms with Crippen LogP contribution in [0.1, 0.15) is 47.5 Å². The number of hydrogen-bond acceptors (Lipinski definition) is 3. The maximum absolute atomic E-state index is 12.1. The topological polar surface area (TPSA) is 55.1 Å². The van der Waals surface area contributed by atoms with Gasteiger partial charge in [0.1, 0.15) is 0 Å². The molecule has 1 aliphatic rings. The van der Waals surface area contributed by atoms with Crippen molar-refractivity contribution in [2.45, 2.75) is 45.1 Å². The third-order valence-electron chi connectivity index (χ3n) is 3.01. The number of halogens is 1. The monoisotopic (exact) mass is 288 g/mol. The fourth-order valence-corrected chi connectivity index (χ4v) is 3.21. The molecule has 2 rings (SSSR count). The maximum atomic E-state index is 12.1. The lowest BCUT2D eigenvalue weighted by Gasteiger charge is -2.19. The molecule has 0 bridgehead atoms. The molecule has 0 aliphatic heterocycles. The lowest BCUT2D eigenvalue weighted by atomic mass is 9.95. The first-order valence-electron chi connectivity index (χ1n) is 6.14. The van der Waals surface area contributed by atoms with Gasteiger partial charge in [0.05, 0.1) is 5.56 Å². The molecule has 0 saturated carbocycles. The van der Waals surface area contributed by atoms with Gasteiger partial charge in [-0.15, -0.1) is 23.7 Å². The van der Waals surface area contributed by atoms with Crippen LogP contribution in [0.4, 0.5) is 0 Å². The van der Waals surface area contributed by atoms with Crippen LogP contribution >= 0.6 is 23.7 Å². The second-order valence-electron chi connectivity index (χ2n) is 5.43. The van der Waals surface area contributed by atoms with Crippen molar-refractivity contribution < 1.29 is 4.79 Å². The molecule has 18 heavy (non-hydrogen) atoms. The van der Waals surface area contributed by atoms with Crippen LogP contribution in [0, 0.1) is 0 Å². The first-order chi connectivity index (χ1) is 7.97. The second-order valence-corrected chi connectivity index (χ2v) is 6.39. The van der Waals surface area contributed by atoms with Gasteiger partial charge in [-0.25, -0.2) is 0 Å². The highest BCUT2D eigenvalue weighted by atomic mass is 35.5. The molecule has 1 aromatic heterocycles. The minimum atomic E-state index is -0.355. The van der Waals surface area contributed by atoms with Gasteiger partial charge in [0.15, 0.2) is 0 Å². The number of hydrogen-bond donors (Lipinski definition) is 2. The Hall–Kier alpha value is -0.580. The van der Waals surface area contributed by atoms with Crippen molar-refractivity contribution in [2.75, 3.05) is 6.54 Å². The highest BCUT2D eigenvalue weighted by Crippen LogP contribution is 2.30. The van der Waals surface area contributed by atoms with Crippen molar-refractivity contribution >= 4 is 29.7 Å². The lowest BCUT2D eigenvalue weighted by molar-refractivity contribution is 0.0945. The maximum Gasteiger partial charge on any atom is 0.252 e. The van der Waals surface area contributed by atoms with Gasteiger partial charge in [-0.1, -0.05) is 0 Å². The van der Waals surface area contributed by atoms with E-state index in [1.54, 1.807) is 11.3 Å². The summed E-state index contributed by atoms with van der Waals surface area (Å²) in [7, 11) is 0. The normalized spacial score (nSPS) is 14.6. The minimum absolute atomic E-state index is 0.